The Morgan fingerprint density at radius 2 is 1.76 bits per heavy atom. The fraction of sp³-hybridized carbons (Fsp3) is 0.562. The van der Waals surface area contributed by atoms with Crippen LogP contribution in [-0.4, -0.2) is 46.4 Å². The van der Waals surface area contributed by atoms with Crippen LogP contribution >= 0.6 is 0 Å². The molecule has 0 bridgehead atoms. The standard InChI is InChI=1S/C25H41NO3.C7H6O2/c1-5-6-7-24(28)26-22-13-11-20(12-14-22)10-8-19(2)9-15-23-16-21(18-27)17-25(3,4)29-23;8-7(9)6-4-2-1-3-5-6/h6-9,15,20-23,27H,5,10-14,16-18H2,1-4H3,(H,26,28);1-5H,(H,8,9)/b7-6-,15-9+,19-8+;. The second kappa shape index (κ2) is 16.3. The maximum absolute atomic E-state index is 11.8. The summed E-state index contributed by atoms with van der Waals surface area (Å²) in [6, 6.07) is 8.63. The Labute approximate surface area is 228 Å². The number of carboxylic acid groups (broad SMARTS) is 1. The number of carbonyl (C=O) groups excluding carboxylic acids is 1. The molecular formula is C32H47NO5. The predicted molar refractivity (Wildman–Crippen MR) is 153 cm³/mol. The van der Waals surface area contributed by atoms with E-state index >= 15 is 0 Å². The Bertz CT molecular complexity index is 942. The molecule has 3 rings (SSSR count). The summed E-state index contributed by atoms with van der Waals surface area (Å²) in [7, 11) is 0. The minimum Gasteiger partial charge on any atom is -0.478 e. The third-order valence-electron chi connectivity index (χ3n) is 7.14. The highest BCUT2D eigenvalue weighted by atomic mass is 16.5. The molecule has 1 saturated heterocycles. The van der Waals surface area contributed by atoms with E-state index in [-0.39, 0.29) is 24.2 Å². The van der Waals surface area contributed by atoms with Crippen LogP contribution in [-0.2, 0) is 9.53 Å². The van der Waals surface area contributed by atoms with Crippen molar-refractivity contribution < 1.29 is 24.5 Å². The Kier molecular flexibility index (Phi) is 13.5. The van der Waals surface area contributed by atoms with E-state index < -0.39 is 5.97 Å². The van der Waals surface area contributed by atoms with E-state index in [4.69, 9.17) is 9.84 Å². The van der Waals surface area contributed by atoms with Crippen molar-refractivity contribution in [2.75, 3.05) is 6.61 Å². The number of aliphatic hydroxyl groups excluding tert-OH is 1. The summed E-state index contributed by atoms with van der Waals surface area (Å²) in [5.41, 5.74) is 1.44. The summed E-state index contributed by atoms with van der Waals surface area (Å²) in [6.45, 7) is 8.65. The van der Waals surface area contributed by atoms with E-state index in [1.54, 1.807) is 36.4 Å². The number of nitrogens with one attached hydrogen (secondary N) is 1. The molecule has 1 aliphatic heterocycles. The van der Waals surface area contributed by atoms with Crippen molar-refractivity contribution in [1.29, 1.82) is 0 Å². The van der Waals surface area contributed by atoms with Crippen molar-refractivity contribution >= 4 is 11.9 Å². The average molecular weight is 526 g/mol. The highest BCUT2D eigenvalue weighted by molar-refractivity contribution is 5.87. The van der Waals surface area contributed by atoms with Crippen molar-refractivity contribution in [3.63, 3.8) is 0 Å². The minimum absolute atomic E-state index is 0.0488. The smallest absolute Gasteiger partial charge is 0.335 e. The van der Waals surface area contributed by atoms with E-state index in [1.807, 2.05) is 13.0 Å². The van der Waals surface area contributed by atoms with Gasteiger partial charge in [0.05, 0.1) is 17.3 Å². The molecule has 2 fully saturated rings. The van der Waals surface area contributed by atoms with E-state index in [9.17, 15) is 14.7 Å². The van der Waals surface area contributed by atoms with Crippen LogP contribution in [0.4, 0.5) is 0 Å². The van der Waals surface area contributed by atoms with Gasteiger partial charge in [-0.3, -0.25) is 4.79 Å². The van der Waals surface area contributed by atoms with Crippen molar-refractivity contribution in [1.82, 2.24) is 5.32 Å². The zero-order valence-corrected chi connectivity index (χ0v) is 23.6. The molecule has 2 unspecified atom stereocenters. The fourth-order valence-electron chi connectivity index (χ4n) is 5.15. The number of hydrogen-bond donors (Lipinski definition) is 3. The van der Waals surface area contributed by atoms with E-state index in [2.05, 4.69) is 44.3 Å². The van der Waals surface area contributed by atoms with E-state index in [1.165, 1.54) is 18.4 Å². The first kappa shape index (κ1) is 31.5. The number of rotatable bonds is 9. The number of carboxylic acids is 1. The molecule has 2 atom stereocenters. The van der Waals surface area contributed by atoms with Gasteiger partial charge in [-0.25, -0.2) is 4.79 Å². The largest absolute Gasteiger partial charge is 0.478 e. The second-order valence-corrected chi connectivity index (χ2v) is 11.2. The Balaban J connectivity index is 0.000000474. The van der Waals surface area contributed by atoms with Crippen molar-refractivity contribution in [2.24, 2.45) is 11.8 Å². The van der Waals surface area contributed by atoms with Gasteiger partial charge in [0, 0.05) is 12.6 Å². The summed E-state index contributed by atoms with van der Waals surface area (Å²) in [5, 5.41) is 21.0. The minimum atomic E-state index is -0.879. The molecule has 1 saturated carbocycles. The zero-order chi connectivity index (χ0) is 28.0. The van der Waals surface area contributed by atoms with Gasteiger partial charge in [0.25, 0.3) is 0 Å². The highest BCUT2D eigenvalue weighted by Gasteiger charge is 2.33. The predicted octanol–water partition coefficient (Wildman–Crippen LogP) is 6.47. The summed E-state index contributed by atoms with van der Waals surface area (Å²) in [6.07, 6.45) is 18.6. The maximum Gasteiger partial charge on any atom is 0.335 e. The van der Waals surface area contributed by atoms with Crippen molar-refractivity contribution in [3.05, 3.63) is 71.8 Å². The van der Waals surface area contributed by atoms with Crippen LogP contribution in [0.25, 0.3) is 0 Å². The first-order valence-corrected chi connectivity index (χ1v) is 14.0. The highest BCUT2D eigenvalue weighted by Crippen LogP contribution is 2.33. The lowest BCUT2D eigenvalue weighted by molar-refractivity contribution is -0.117. The van der Waals surface area contributed by atoms with Crippen LogP contribution in [0.5, 0.6) is 0 Å². The number of benzene rings is 1. The third kappa shape index (κ3) is 12.2. The van der Waals surface area contributed by atoms with Crippen LogP contribution in [0.15, 0.2) is 66.3 Å². The normalized spacial score (nSPS) is 25.6. The molecular weight excluding hydrogens is 478 g/mol. The second-order valence-electron chi connectivity index (χ2n) is 11.2. The van der Waals surface area contributed by atoms with Crippen LogP contribution in [0, 0.1) is 11.8 Å². The van der Waals surface area contributed by atoms with Crippen molar-refractivity contribution in [3.8, 4) is 0 Å². The third-order valence-corrected chi connectivity index (χ3v) is 7.14. The van der Waals surface area contributed by atoms with Gasteiger partial charge in [-0.05, 0) is 102 Å². The SMILES string of the molecule is CC/C=C\C(=O)NC1CCC(C/C=C(C)/C=C/C2CC(CO)CC(C)(C)O2)CC1.O=C(O)c1ccccc1. The molecule has 1 aromatic rings. The van der Waals surface area contributed by atoms with Gasteiger partial charge in [-0.15, -0.1) is 0 Å². The molecule has 6 nitrogen and oxygen atoms in total. The lowest BCUT2D eigenvalue weighted by Gasteiger charge is -2.39. The summed E-state index contributed by atoms with van der Waals surface area (Å²) in [5.74, 6) is 0.204. The number of aromatic carboxylic acids is 1. The summed E-state index contributed by atoms with van der Waals surface area (Å²) < 4.78 is 6.15. The molecule has 210 valence electrons. The number of aliphatic hydroxyl groups is 1. The Morgan fingerprint density at radius 3 is 2.34 bits per heavy atom. The van der Waals surface area contributed by atoms with E-state index in [0.29, 0.717) is 23.4 Å². The van der Waals surface area contributed by atoms with Crippen LogP contribution in [0.3, 0.4) is 0 Å². The molecule has 1 amide bonds. The number of hydrogen-bond acceptors (Lipinski definition) is 4. The van der Waals surface area contributed by atoms with E-state index in [0.717, 1.165) is 38.5 Å². The van der Waals surface area contributed by atoms with Gasteiger partial charge in [-0.2, -0.15) is 0 Å². The summed E-state index contributed by atoms with van der Waals surface area (Å²) in [4.78, 5) is 22.0. The van der Waals surface area contributed by atoms with Crippen LogP contribution < -0.4 is 5.32 Å². The molecule has 3 N–H and O–H groups in total. The van der Waals surface area contributed by atoms with Gasteiger partial charge in [0.15, 0.2) is 0 Å². The average Bonchev–Trinajstić information content (AvgIpc) is 2.90. The number of ether oxygens (including phenoxy) is 1. The maximum atomic E-state index is 11.8. The van der Waals surface area contributed by atoms with Crippen LogP contribution in [0.1, 0.15) is 89.4 Å². The first-order chi connectivity index (χ1) is 18.1. The molecule has 0 aromatic heterocycles. The molecule has 1 aromatic carbocycles. The molecule has 0 spiro atoms. The molecule has 6 heteroatoms. The molecule has 2 aliphatic rings. The van der Waals surface area contributed by atoms with Gasteiger partial charge < -0.3 is 20.3 Å². The van der Waals surface area contributed by atoms with Gasteiger partial charge in [0.1, 0.15) is 0 Å². The topological polar surface area (TPSA) is 95.9 Å². The monoisotopic (exact) mass is 525 g/mol. The lowest BCUT2D eigenvalue weighted by atomic mass is 9.83. The molecule has 38 heavy (non-hydrogen) atoms. The number of amides is 1. The van der Waals surface area contributed by atoms with Gasteiger partial charge >= 0.3 is 5.97 Å². The molecule has 0 radical (unpaired) electrons. The quantitative estimate of drug-likeness (QED) is 0.254. The van der Waals surface area contributed by atoms with Gasteiger partial charge in [0.2, 0.25) is 5.91 Å². The number of allylic oxidation sites excluding steroid dienone is 4. The zero-order valence-electron chi connectivity index (χ0n) is 23.6. The van der Waals surface area contributed by atoms with Crippen molar-refractivity contribution in [2.45, 2.75) is 96.8 Å². The Hall–Kier alpha value is -2.70. The summed E-state index contributed by atoms with van der Waals surface area (Å²) >= 11 is 0. The molecule has 1 aliphatic carbocycles. The number of carbonyl (C=O) groups is 2. The Morgan fingerprint density at radius 1 is 1.08 bits per heavy atom. The van der Waals surface area contributed by atoms with Gasteiger partial charge in [-0.1, -0.05) is 55.0 Å². The molecule has 1 heterocycles. The lowest BCUT2D eigenvalue weighted by Crippen LogP contribution is -2.39. The first-order valence-electron chi connectivity index (χ1n) is 14.0. The fourth-order valence-corrected chi connectivity index (χ4v) is 5.15. The van der Waals surface area contributed by atoms with Crippen LogP contribution in [0.2, 0.25) is 0 Å².